The van der Waals surface area contributed by atoms with Gasteiger partial charge in [-0.3, -0.25) is 4.55 Å². The van der Waals surface area contributed by atoms with Crippen LogP contribution in [-0.2, 0) is 10.1 Å². The predicted molar refractivity (Wildman–Crippen MR) is 39.3 cm³/mol. The van der Waals surface area contributed by atoms with Crippen molar-refractivity contribution in [1.82, 2.24) is 0 Å². The van der Waals surface area contributed by atoms with Gasteiger partial charge in [0.25, 0.3) is 10.1 Å². The molecule has 3 nitrogen and oxygen atoms in total. The van der Waals surface area contributed by atoms with Crippen molar-refractivity contribution in [3.8, 4) is 0 Å². The Morgan fingerprint density at radius 1 is 1.56 bits per heavy atom. The van der Waals surface area contributed by atoms with E-state index in [1.165, 1.54) is 0 Å². The van der Waals surface area contributed by atoms with Crippen LogP contribution in [0.1, 0.15) is 22.6 Å². The van der Waals surface area contributed by atoms with Crippen molar-refractivity contribution in [3.63, 3.8) is 0 Å². The Labute approximate surface area is 74.7 Å². The number of hydrogen-bond acceptors (Lipinski definition) is 2. The summed E-state index contributed by atoms with van der Waals surface area (Å²) in [4.78, 5) is 0. The van der Waals surface area contributed by atoms with Crippen molar-refractivity contribution in [2.24, 2.45) is 0 Å². The SMILES string of the molecule is CCCCS(=O)(=O)O.[H-].[H-].[Mg+2]. The van der Waals surface area contributed by atoms with Gasteiger partial charge in [0.05, 0.1) is 5.75 Å². The third kappa shape index (κ3) is 12.0. The fourth-order valence-corrected chi connectivity index (χ4v) is 0.980. The molecular formula is C4H12MgO3S. The molecule has 0 aromatic rings. The Balaban J connectivity index is -0.0000000817. The van der Waals surface area contributed by atoms with Gasteiger partial charge in [-0.15, -0.1) is 0 Å². The minimum absolute atomic E-state index is 0. The van der Waals surface area contributed by atoms with Gasteiger partial charge in [0.15, 0.2) is 0 Å². The van der Waals surface area contributed by atoms with Crippen molar-refractivity contribution in [1.29, 1.82) is 0 Å². The number of hydrogen-bond donors (Lipinski definition) is 1. The van der Waals surface area contributed by atoms with Crippen molar-refractivity contribution >= 4 is 33.2 Å². The fourth-order valence-electron chi connectivity index (χ4n) is 0.327. The smallest absolute Gasteiger partial charge is 1.00 e. The van der Waals surface area contributed by atoms with Crippen LogP contribution < -0.4 is 0 Å². The van der Waals surface area contributed by atoms with Crippen LogP contribution in [0.3, 0.4) is 0 Å². The molecule has 0 amide bonds. The Bertz CT molecular complexity index is 147. The average molecular weight is 165 g/mol. The molecule has 0 aliphatic heterocycles. The van der Waals surface area contributed by atoms with E-state index in [1.807, 2.05) is 6.92 Å². The molecule has 0 saturated carbocycles. The Morgan fingerprint density at radius 2 is 2.00 bits per heavy atom. The van der Waals surface area contributed by atoms with Crippen molar-refractivity contribution in [3.05, 3.63) is 0 Å². The maximum atomic E-state index is 9.95. The molecule has 5 heteroatoms. The molecule has 0 rings (SSSR count). The summed E-state index contributed by atoms with van der Waals surface area (Å²) in [6, 6.07) is 0. The van der Waals surface area contributed by atoms with Crippen LogP contribution in [0.15, 0.2) is 0 Å². The van der Waals surface area contributed by atoms with Gasteiger partial charge in [-0.1, -0.05) is 13.3 Å². The molecule has 0 spiro atoms. The predicted octanol–water partition coefficient (Wildman–Crippen LogP) is 0.519. The van der Waals surface area contributed by atoms with Gasteiger partial charge in [-0.25, -0.2) is 0 Å². The van der Waals surface area contributed by atoms with Gasteiger partial charge in [-0.2, -0.15) is 8.42 Å². The molecule has 0 saturated heterocycles. The van der Waals surface area contributed by atoms with Crippen molar-refractivity contribution < 1.29 is 15.8 Å². The Hall–Kier alpha value is 0.676. The molecule has 0 atom stereocenters. The number of unbranched alkanes of at least 4 members (excludes halogenated alkanes) is 1. The topological polar surface area (TPSA) is 54.4 Å². The molecule has 9 heavy (non-hydrogen) atoms. The minimum atomic E-state index is -3.69. The van der Waals surface area contributed by atoms with Gasteiger partial charge < -0.3 is 2.85 Å². The van der Waals surface area contributed by atoms with Crippen molar-refractivity contribution in [2.75, 3.05) is 5.75 Å². The van der Waals surface area contributed by atoms with Crippen LogP contribution in [-0.4, -0.2) is 41.8 Å². The van der Waals surface area contributed by atoms with Gasteiger partial charge in [0.1, 0.15) is 0 Å². The summed E-state index contributed by atoms with van der Waals surface area (Å²) < 4.78 is 28.0. The van der Waals surface area contributed by atoms with Crippen LogP contribution in [0.2, 0.25) is 0 Å². The molecule has 0 bridgehead atoms. The van der Waals surface area contributed by atoms with E-state index in [-0.39, 0.29) is 31.7 Å². The molecule has 0 heterocycles. The third-order valence-electron chi connectivity index (χ3n) is 0.756. The first-order valence-corrected chi connectivity index (χ1v) is 4.12. The largest absolute Gasteiger partial charge is 2.00 e. The maximum Gasteiger partial charge on any atom is 2.00 e. The average Bonchev–Trinajstić information content (AvgIpc) is 1.59. The molecule has 1 N–H and O–H groups in total. The van der Waals surface area contributed by atoms with E-state index in [9.17, 15) is 8.42 Å². The van der Waals surface area contributed by atoms with E-state index >= 15 is 0 Å². The van der Waals surface area contributed by atoms with Crippen LogP contribution in [0.4, 0.5) is 0 Å². The zero-order valence-corrected chi connectivity index (χ0v) is 7.73. The summed E-state index contributed by atoms with van der Waals surface area (Å²) in [7, 11) is -3.69. The molecule has 0 aromatic heterocycles. The standard InChI is InChI=1S/C4H10O3S.Mg.2H/c1-2-3-4-8(5,6)7;;;/h2-4H2,1H3,(H,5,6,7);;;/q;+2;2*-1. The first-order chi connectivity index (χ1) is 3.56. The second-order valence-corrected chi connectivity index (χ2v) is 3.21. The number of rotatable bonds is 3. The van der Waals surface area contributed by atoms with Crippen molar-refractivity contribution in [2.45, 2.75) is 19.8 Å². The molecular weight excluding hydrogens is 152 g/mol. The molecule has 0 aromatic carbocycles. The zero-order valence-electron chi connectivity index (χ0n) is 7.50. The van der Waals surface area contributed by atoms with Crippen LogP contribution >= 0.6 is 0 Å². The molecule has 0 unspecified atom stereocenters. The van der Waals surface area contributed by atoms with Crippen LogP contribution in [0.25, 0.3) is 0 Å². The van der Waals surface area contributed by atoms with Gasteiger partial charge in [0, 0.05) is 0 Å². The van der Waals surface area contributed by atoms with E-state index in [4.69, 9.17) is 4.55 Å². The maximum absolute atomic E-state index is 9.95. The molecule has 0 aliphatic carbocycles. The summed E-state index contributed by atoms with van der Waals surface area (Å²) >= 11 is 0. The minimum Gasteiger partial charge on any atom is -1.00 e. The molecule has 54 valence electrons. The Kier molecular flexibility index (Phi) is 7.50. The van der Waals surface area contributed by atoms with E-state index < -0.39 is 10.1 Å². The summed E-state index contributed by atoms with van der Waals surface area (Å²) in [5.74, 6) is -0.108. The summed E-state index contributed by atoms with van der Waals surface area (Å²) in [6.45, 7) is 1.87. The monoisotopic (exact) mass is 164 g/mol. The van der Waals surface area contributed by atoms with Crippen LogP contribution in [0, 0.1) is 0 Å². The quantitative estimate of drug-likeness (QED) is 0.489. The molecule has 0 aliphatic rings. The van der Waals surface area contributed by atoms with Gasteiger partial charge in [0.2, 0.25) is 0 Å². The van der Waals surface area contributed by atoms with Crippen LogP contribution in [0.5, 0.6) is 0 Å². The second-order valence-electron chi connectivity index (χ2n) is 1.64. The zero-order chi connectivity index (χ0) is 6.62. The van der Waals surface area contributed by atoms with E-state index in [1.54, 1.807) is 0 Å². The first kappa shape index (κ1) is 12.4. The van der Waals surface area contributed by atoms with E-state index in [0.717, 1.165) is 6.42 Å². The summed E-state index contributed by atoms with van der Waals surface area (Å²) in [6.07, 6.45) is 1.33. The fraction of sp³-hybridized carbons (Fsp3) is 1.00. The molecule has 0 radical (unpaired) electrons. The van der Waals surface area contributed by atoms with Gasteiger partial charge >= 0.3 is 23.1 Å². The Morgan fingerprint density at radius 3 is 2.11 bits per heavy atom. The molecule has 0 fully saturated rings. The third-order valence-corrected chi connectivity index (χ3v) is 1.56. The first-order valence-electron chi connectivity index (χ1n) is 2.51. The van der Waals surface area contributed by atoms with E-state index in [2.05, 4.69) is 0 Å². The van der Waals surface area contributed by atoms with Gasteiger partial charge in [-0.05, 0) is 6.42 Å². The normalized spacial score (nSPS) is 10.4. The summed E-state index contributed by atoms with van der Waals surface area (Å²) in [5, 5.41) is 0. The summed E-state index contributed by atoms with van der Waals surface area (Å²) in [5.41, 5.74) is 0. The second kappa shape index (κ2) is 5.46. The van der Waals surface area contributed by atoms with E-state index in [0.29, 0.717) is 6.42 Å².